The third-order valence-corrected chi connectivity index (χ3v) is 6.94. The first-order chi connectivity index (χ1) is 18.2. The lowest BCUT2D eigenvalue weighted by molar-refractivity contribution is -0.137. The van der Waals surface area contributed by atoms with Gasteiger partial charge >= 0.3 is 12.3 Å². The number of fused-ring (bicyclic) bond motifs is 1. The minimum Gasteiger partial charge on any atom is -0.449 e. The van der Waals surface area contributed by atoms with E-state index in [-0.39, 0.29) is 25.8 Å². The minimum absolute atomic E-state index is 0.140. The number of guanidine groups is 1. The van der Waals surface area contributed by atoms with Crippen LogP contribution in [0.5, 0.6) is 0 Å². The Morgan fingerprint density at radius 1 is 1.26 bits per heavy atom. The number of hydrogen-bond donors (Lipinski definition) is 3. The van der Waals surface area contributed by atoms with E-state index < -0.39 is 23.9 Å². The largest absolute Gasteiger partial charge is 0.449 e. The number of halogens is 4. The number of nitrogens with one attached hydrogen (secondary N) is 2. The average Bonchev–Trinajstić information content (AvgIpc) is 3.23. The van der Waals surface area contributed by atoms with Gasteiger partial charge in [-0.25, -0.2) is 10.3 Å². The number of β-amino-alcohol motifs (C(OH)–C–C–N with tert-alkyl or cyclic N) is 1. The van der Waals surface area contributed by atoms with Crippen LogP contribution in [0.1, 0.15) is 49.4 Å². The van der Waals surface area contributed by atoms with Gasteiger partial charge in [0.05, 0.1) is 43.6 Å². The summed E-state index contributed by atoms with van der Waals surface area (Å²) in [5.74, 6) is 0.381. The maximum absolute atomic E-state index is 13.7. The lowest BCUT2D eigenvalue weighted by atomic mass is 9.89. The molecule has 0 saturated carbocycles. The fourth-order valence-corrected chi connectivity index (χ4v) is 5.13. The van der Waals surface area contributed by atoms with E-state index in [2.05, 4.69) is 31.9 Å². The summed E-state index contributed by atoms with van der Waals surface area (Å²) < 4.78 is 47.2. The molecule has 1 amide bonds. The molecule has 13 heteroatoms. The molecule has 2 heterocycles. The van der Waals surface area contributed by atoms with Crippen LogP contribution in [0.2, 0.25) is 0 Å². The van der Waals surface area contributed by atoms with Crippen molar-refractivity contribution < 1.29 is 27.8 Å². The fraction of sp³-hybridized carbons (Fsp3) is 0.440. The van der Waals surface area contributed by atoms with Gasteiger partial charge in [-0.3, -0.25) is 9.91 Å². The van der Waals surface area contributed by atoms with Crippen molar-refractivity contribution >= 4 is 33.7 Å². The lowest BCUT2D eigenvalue weighted by Crippen LogP contribution is -2.52. The van der Waals surface area contributed by atoms with Crippen molar-refractivity contribution in [2.75, 3.05) is 24.7 Å². The van der Waals surface area contributed by atoms with Gasteiger partial charge in [0.25, 0.3) is 0 Å². The standard InChI is InChI=1S/C25H30BrF3N6O3/c1-3-19-14-21(20-13-17(25(27,28)29)8-9-22(20)35(19)24(37)38-4-2)30-23-31-32-34(10-11-36)33(23)15-16-6-5-7-18(26)12-16/h5-9,12-13,19,21,32,36H,3-4,10-11,14-15H2,1-2H3,(H,30,31)/t19-,21+/m1/s1. The molecule has 0 fully saturated rings. The molecule has 206 valence electrons. The molecule has 0 saturated heterocycles. The van der Waals surface area contributed by atoms with Crippen LogP contribution in [0.3, 0.4) is 0 Å². The number of hydrogen-bond acceptors (Lipinski definition) is 8. The van der Waals surface area contributed by atoms with Gasteiger partial charge in [-0.2, -0.15) is 13.2 Å². The summed E-state index contributed by atoms with van der Waals surface area (Å²) in [4.78, 5) is 14.3. The molecule has 2 atom stereocenters. The zero-order valence-corrected chi connectivity index (χ0v) is 22.6. The third-order valence-electron chi connectivity index (χ3n) is 6.44. The highest BCUT2D eigenvalue weighted by Gasteiger charge is 2.40. The first-order valence-electron chi connectivity index (χ1n) is 12.3. The monoisotopic (exact) mass is 598 g/mol. The summed E-state index contributed by atoms with van der Waals surface area (Å²) in [6.45, 7) is 4.22. The number of aliphatic hydroxyl groups is 1. The molecule has 2 aromatic rings. The van der Waals surface area contributed by atoms with Gasteiger partial charge in [-0.05, 0) is 61.2 Å². The molecule has 2 aliphatic heterocycles. The second kappa shape index (κ2) is 11.8. The van der Waals surface area contributed by atoms with E-state index in [0.29, 0.717) is 36.6 Å². The number of nitrogens with zero attached hydrogens (tertiary/aromatic N) is 4. The van der Waals surface area contributed by atoms with Crippen molar-refractivity contribution in [3.05, 3.63) is 63.6 Å². The van der Waals surface area contributed by atoms with E-state index in [1.807, 2.05) is 31.2 Å². The van der Waals surface area contributed by atoms with Gasteiger partial charge in [0.2, 0.25) is 5.96 Å². The number of benzene rings is 2. The quantitative estimate of drug-likeness (QED) is 0.424. The van der Waals surface area contributed by atoms with Crippen LogP contribution in [0, 0.1) is 0 Å². The van der Waals surface area contributed by atoms with Gasteiger partial charge < -0.3 is 15.2 Å². The number of hydrazone groups is 1. The Balaban J connectivity index is 1.70. The molecule has 0 aromatic heterocycles. The highest BCUT2D eigenvalue weighted by Crippen LogP contribution is 2.42. The molecule has 3 N–H and O–H groups in total. The maximum Gasteiger partial charge on any atom is 0.416 e. The Morgan fingerprint density at radius 3 is 2.71 bits per heavy atom. The zero-order valence-electron chi connectivity index (χ0n) is 21.0. The summed E-state index contributed by atoms with van der Waals surface area (Å²) in [6.07, 6.45) is -4.23. The highest BCUT2D eigenvalue weighted by atomic mass is 79.9. The molecule has 0 radical (unpaired) electrons. The van der Waals surface area contributed by atoms with Crippen LogP contribution >= 0.6 is 15.9 Å². The molecule has 4 rings (SSSR count). The van der Waals surface area contributed by atoms with Crippen molar-refractivity contribution in [1.82, 2.24) is 21.0 Å². The number of alkyl halides is 3. The molecular weight excluding hydrogens is 569 g/mol. The number of carbonyl (C=O) groups excluding carboxylic acids is 1. The molecule has 0 bridgehead atoms. The van der Waals surface area contributed by atoms with E-state index in [9.17, 15) is 23.1 Å². The zero-order chi connectivity index (χ0) is 27.4. The molecule has 9 nitrogen and oxygen atoms in total. The number of anilines is 1. The molecule has 2 aliphatic rings. The van der Waals surface area contributed by atoms with E-state index in [1.54, 1.807) is 17.1 Å². The van der Waals surface area contributed by atoms with Gasteiger partial charge in [-0.1, -0.05) is 35.0 Å². The molecule has 38 heavy (non-hydrogen) atoms. The summed E-state index contributed by atoms with van der Waals surface area (Å²) in [7, 11) is 0. The van der Waals surface area contributed by atoms with Crippen molar-refractivity contribution in [1.29, 1.82) is 0 Å². The Bertz CT molecular complexity index is 1180. The second-order valence-corrected chi connectivity index (χ2v) is 9.82. The van der Waals surface area contributed by atoms with Crippen LogP contribution in [-0.2, 0) is 17.5 Å². The summed E-state index contributed by atoms with van der Waals surface area (Å²) in [6, 6.07) is 10.2. The molecule has 0 spiro atoms. The summed E-state index contributed by atoms with van der Waals surface area (Å²) in [5, 5.41) is 20.6. The van der Waals surface area contributed by atoms with Crippen LogP contribution in [0.25, 0.3) is 0 Å². The maximum atomic E-state index is 13.7. The SMILES string of the molecule is CCOC(=O)N1c2ccc(C(F)(F)F)cc2[C@@H](NC2=NNN(CCO)N2Cc2cccc(Br)c2)C[C@H]1CC. The van der Waals surface area contributed by atoms with Crippen LogP contribution in [0.4, 0.5) is 23.7 Å². The van der Waals surface area contributed by atoms with Crippen LogP contribution in [0.15, 0.2) is 52.0 Å². The number of carbonyl (C=O) groups is 1. The van der Waals surface area contributed by atoms with E-state index >= 15 is 0 Å². The van der Waals surface area contributed by atoms with E-state index in [0.717, 1.165) is 22.2 Å². The number of hydrazine groups is 2. The van der Waals surface area contributed by atoms with Gasteiger partial charge in [0.15, 0.2) is 0 Å². The first kappa shape index (κ1) is 28.0. The average molecular weight is 599 g/mol. The van der Waals surface area contributed by atoms with Gasteiger partial charge in [0.1, 0.15) is 0 Å². The summed E-state index contributed by atoms with van der Waals surface area (Å²) >= 11 is 3.47. The molecule has 2 aromatic carbocycles. The third kappa shape index (κ3) is 6.00. The fourth-order valence-electron chi connectivity index (χ4n) is 4.68. The molecule has 0 unspecified atom stereocenters. The highest BCUT2D eigenvalue weighted by molar-refractivity contribution is 9.10. The normalized spacial score (nSPS) is 19.6. The Labute approximate surface area is 227 Å². The predicted octanol–water partition coefficient (Wildman–Crippen LogP) is 4.74. The van der Waals surface area contributed by atoms with Crippen LogP contribution < -0.4 is 15.8 Å². The minimum atomic E-state index is -4.55. The number of aliphatic hydroxyl groups excluding tert-OH is 1. The topological polar surface area (TPSA) is 92.7 Å². The number of rotatable bonds is 7. The smallest absolute Gasteiger partial charge is 0.416 e. The number of ether oxygens (including phenoxy) is 1. The van der Waals surface area contributed by atoms with Crippen LogP contribution in [-0.4, -0.2) is 53.1 Å². The molecular formula is C25H30BrF3N6O3. The van der Waals surface area contributed by atoms with Gasteiger partial charge in [-0.15, -0.1) is 10.2 Å². The van der Waals surface area contributed by atoms with Crippen molar-refractivity contribution in [3.8, 4) is 0 Å². The lowest BCUT2D eigenvalue weighted by Gasteiger charge is -2.41. The van der Waals surface area contributed by atoms with E-state index in [4.69, 9.17) is 4.74 Å². The number of amides is 1. The van der Waals surface area contributed by atoms with Crippen molar-refractivity contribution in [2.45, 2.75) is 51.5 Å². The summed E-state index contributed by atoms with van der Waals surface area (Å²) in [5.41, 5.74) is 3.69. The Kier molecular flexibility index (Phi) is 8.68. The Hall–Kier alpha value is -3.03. The molecule has 0 aliphatic carbocycles. The second-order valence-electron chi connectivity index (χ2n) is 8.90. The Morgan fingerprint density at radius 2 is 2.05 bits per heavy atom. The predicted molar refractivity (Wildman–Crippen MR) is 140 cm³/mol. The van der Waals surface area contributed by atoms with Gasteiger partial charge in [0, 0.05) is 10.5 Å². The van der Waals surface area contributed by atoms with Crippen molar-refractivity contribution in [3.63, 3.8) is 0 Å². The van der Waals surface area contributed by atoms with E-state index in [1.165, 1.54) is 11.0 Å². The van der Waals surface area contributed by atoms with Crippen molar-refractivity contribution in [2.24, 2.45) is 5.10 Å². The first-order valence-corrected chi connectivity index (χ1v) is 13.1.